The van der Waals surface area contributed by atoms with Crippen molar-refractivity contribution in [3.63, 3.8) is 0 Å². The lowest BCUT2D eigenvalue weighted by atomic mass is 10.1. The fourth-order valence-electron chi connectivity index (χ4n) is 2.35. The third-order valence-electron chi connectivity index (χ3n) is 4.04. The minimum Gasteiger partial charge on any atom is -0.481 e. The SMILES string of the molecule is O=C(O)CC[C@@H](NCCCCl)C(=O)O.O=C(O)CC[C@H](NCCCCCCCl)C(=O)O. The van der Waals surface area contributed by atoms with Crippen LogP contribution in [0.4, 0.5) is 0 Å². The van der Waals surface area contributed by atoms with Gasteiger partial charge < -0.3 is 31.1 Å². The third-order valence-corrected chi connectivity index (χ3v) is 4.58. The molecule has 2 atom stereocenters. The van der Waals surface area contributed by atoms with Crippen LogP contribution in [-0.4, -0.2) is 81.2 Å². The second kappa shape index (κ2) is 21.6. The minimum atomic E-state index is -1.03. The average Bonchev–Trinajstić information content (AvgIpc) is 2.69. The lowest BCUT2D eigenvalue weighted by Crippen LogP contribution is -2.37. The summed E-state index contributed by atoms with van der Waals surface area (Å²) < 4.78 is 0. The first-order valence-corrected chi connectivity index (χ1v) is 11.2. The molecular weight excluding hydrogens is 455 g/mol. The Hall–Kier alpha value is -1.62. The molecule has 6 N–H and O–H groups in total. The van der Waals surface area contributed by atoms with Crippen molar-refractivity contribution in [2.45, 2.75) is 69.9 Å². The molecule has 0 radical (unpaired) electrons. The predicted octanol–water partition coefficient (Wildman–Crippen LogP) is 2.22. The molecule has 0 spiro atoms. The van der Waals surface area contributed by atoms with E-state index in [-0.39, 0.29) is 25.7 Å². The summed E-state index contributed by atoms with van der Waals surface area (Å²) in [6.45, 7) is 1.08. The van der Waals surface area contributed by atoms with Gasteiger partial charge >= 0.3 is 23.9 Å². The molecule has 0 aliphatic carbocycles. The zero-order chi connectivity index (χ0) is 24.1. The van der Waals surface area contributed by atoms with Gasteiger partial charge in [0.15, 0.2) is 0 Å². The quantitative estimate of drug-likeness (QED) is 0.117. The Balaban J connectivity index is 0. The van der Waals surface area contributed by atoms with Crippen molar-refractivity contribution >= 4 is 47.1 Å². The molecule has 10 nitrogen and oxygen atoms in total. The summed E-state index contributed by atoms with van der Waals surface area (Å²) in [6.07, 6.45) is 4.50. The van der Waals surface area contributed by atoms with Gasteiger partial charge in [-0.1, -0.05) is 12.8 Å². The Morgan fingerprint density at radius 1 is 0.613 bits per heavy atom. The van der Waals surface area contributed by atoms with Crippen molar-refractivity contribution < 1.29 is 39.6 Å². The molecular formula is C19H34Cl2N2O8. The molecule has 0 fully saturated rings. The van der Waals surface area contributed by atoms with Gasteiger partial charge in [-0.25, -0.2) is 0 Å². The van der Waals surface area contributed by atoms with Gasteiger partial charge in [-0.3, -0.25) is 19.2 Å². The molecule has 0 unspecified atom stereocenters. The summed E-state index contributed by atoms with van der Waals surface area (Å²) in [7, 11) is 0. The fraction of sp³-hybridized carbons (Fsp3) is 0.789. The van der Waals surface area contributed by atoms with E-state index >= 15 is 0 Å². The number of unbranched alkanes of at least 4 members (excludes halogenated alkanes) is 3. The largest absolute Gasteiger partial charge is 0.481 e. The van der Waals surface area contributed by atoms with Crippen LogP contribution in [-0.2, 0) is 19.2 Å². The number of halogens is 2. The van der Waals surface area contributed by atoms with E-state index in [2.05, 4.69) is 10.6 Å². The summed E-state index contributed by atoms with van der Waals surface area (Å²) in [5.74, 6) is -2.87. The van der Waals surface area contributed by atoms with Gasteiger partial charge in [0.1, 0.15) is 12.1 Å². The van der Waals surface area contributed by atoms with E-state index < -0.39 is 36.0 Å². The van der Waals surface area contributed by atoms with Crippen LogP contribution < -0.4 is 10.6 Å². The molecule has 31 heavy (non-hydrogen) atoms. The van der Waals surface area contributed by atoms with Crippen LogP contribution in [0.5, 0.6) is 0 Å². The summed E-state index contributed by atoms with van der Waals surface area (Å²) in [6, 6.07) is -1.56. The Morgan fingerprint density at radius 3 is 1.35 bits per heavy atom. The van der Waals surface area contributed by atoms with Crippen LogP contribution in [0.15, 0.2) is 0 Å². The number of hydrogen-bond donors (Lipinski definition) is 6. The van der Waals surface area contributed by atoms with Gasteiger partial charge in [0.25, 0.3) is 0 Å². The maximum Gasteiger partial charge on any atom is 0.320 e. The highest BCUT2D eigenvalue weighted by atomic mass is 35.5. The summed E-state index contributed by atoms with van der Waals surface area (Å²) >= 11 is 10.9. The van der Waals surface area contributed by atoms with Crippen LogP contribution in [0.2, 0.25) is 0 Å². The predicted molar refractivity (Wildman–Crippen MR) is 117 cm³/mol. The molecule has 0 saturated heterocycles. The topological polar surface area (TPSA) is 173 Å². The molecule has 0 amide bonds. The third kappa shape index (κ3) is 22.9. The van der Waals surface area contributed by atoms with E-state index in [0.29, 0.717) is 31.3 Å². The van der Waals surface area contributed by atoms with Crippen LogP contribution >= 0.6 is 23.2 Å². The Bertz CT molecular complexity index is 523. The van der Waals surface area contributed by atoms with Crippen molar-refractivity contribution in [1.82, 2.24) is 10.6 Å². The van der Waals surface area contributed by atoms with E-state index in [1.807, 2.05) is 0 Å². The normalized spacial score (nSPS) is 12.3. The van der Waals surface area contributed by atoms with E-state index in [0.717, 1.165) is 25.7 Å². The molecule has 0 heterocycles. The maximum atomic E-state index is 10.8. The van der Waals surface area contributed by atoms with Crippen LogP contribution in [0.3, 0.4) is 0 Å². The number of carboxylic acids is 4. The maximum absolute atomic E-state index is 10.8. The van der Waals surface area contributed by atoms with E-state index in [1.54, 1.807) is 0 Å². The Labute approximate surface area is 192 Å². The molecule has 0 aromatic heterocycles. The lowest BCUT2D eigenvalue weighted by Gasteiger charge is -2.13. The first-order valence-electron chi connectivity index (χ1n) is 10.1. The van der Waals surface area contributed by atoms with Gasteiger partial charge in [0.2, 0.25) is 0 Å². The number of carboxylic acid groups (broad SMARTS) is 4. The van der Waals surface area contributed by atoms with Gasteiger partial charge in [-0.05, 0) is 45.2 Å². The highest BCUT2D eigenvalue weighted by Gasteiger charge is 2.18. The molecule has 0 aliphatic rings. The monoisotopic (exact) mass is 488 g/mol. The zero-order valence-electron chi connectivity index (χ0n) is 17.5. The van der Waals surface area contributed by atoms with E-state index in [1.165, 1.54) is 0 Å². The minimum absolute atomic E-state index is 0.0902. The van der Waals surface area contributed by atoms with E-state index in [4.69, 9.17) is 43.6 Å². The van der Waals surface area contributed by atoms with Crippen molar-refractivity contribution in [2.24, 2.45) is 0 Å². The van der Waals surface area contributed by atoms with Crippen LogP contribution in [0.25, 0.3) is 0 Å². The number of aliphatic carboxylic acids is 4. The second-order valence-corrected chi connectivity index (χ2v) is 7.46. The Morgan fingerprint density at radius 2 is 1.00 bits per heavy atom. The van der Waals surface area contributed by atoms with Crippen LogP contribution in [0.1, 0.15) is 57.8 Å². The Kier molecular flexibility index (Phi) is 22.0. The number of hydrogen-bond acceptors (Lipinski definition) is 6. The van der Waals surface area contributed by atoms with Crippen molar-refractivity contribution in [1.29, 1.82) is 0 Å². The van der Waals surface area contributed by atoms with Gasteiger partial charge in [0.05, 0.1) is 0 Å². The molecule has 0 rings (SSSR count). The molecule has 0 aromatic rings. The average molecular weight is 489 g/mol. The summed E-state index contributed by atoms with van der Waals surface area (Å²) in [4.78, 5) is 42.0. The lowest BCUT2D eigenvalue weighted by molar-refractivity contribution is -0.142. The molecule has 0 saturated carbocycles. The van der Waals surface area contributed by atoms with Crippen molar-refractivity contribution in [3.05, 3.63) is 0 Å². The fourth-order valence-corrected chi connectivity index (χ4v) is 2.68. The second-order valence-electron chi connectivity index (χ2n) is 6.70. The highest BCUT2D eigenvalue weighted by molar-refractivity contribution is 6.18. The van der Waals surface area contributed by atoms with Crippen molar-refractivity contribution in [2.75, 3.05) is 24.8 Å². The molecule has 0 aliphatic heterocycles. The molecule has 0 aromatic carbocycles. The summed E-state index contributed by atoms with van der Waals surface area (Å²) in [5.41, 5.74) is 0. The van der Waals surface area contributed by atoms with Crippen LogP contribution in [0, 0.1) is 0 Å². The van der Waals surface area contributed by atoms with Gasteiger partial charge in [-0.15, -0.1) is 23.2 Å². The van der Waals surface area contributed by atoms with Crippen molar-refractivity contribution in [3.8, 4) is 0 Å². The summed E-state index contributed by atoms with van der Waals surface area (Å²) in [5, 5.41) is 40.0. The van der Waals surface area contributed by atoms with Gasteiger partial charge in [0, 0.05) is 24.6 Å². The first-order chi connectivity index (χ1) is 14.6. The first kappa shape index (κ1) is 31.6. The number of nitrogens with one attached hydrogen (secondary N) is 2. The number of carbonyl (C=O) groups is 4. The zero-order valence-corrected chi connectivity index (χ0v) is 19.0. The standard InChI is InChI=1S/C11H20ClNO4.C8H14ClNO4/c12-7-3-1-2-4-8-13-9(11(16)17)5-6-10(14)15;9-4-1-5-10-6(8(13)14)2-3-7(11)12/h9,13H,1-8H2,(H,14,15)(H,16,17);6,10H,1-5H2,(H,11,12)(H,13,14)/t9-;6-/m01/s1. The molecule has 12 heteroatoms. The molecule has 182 valence electrons. The van der Waals surface area contributed by atoms with E-state index in [9.17, 15) is 19.2 Å². The van der Waals surface area contributed by atoms with Gasteiger partial charge in [-0.2, -0.15) is 0 Å². The number of rotatable bonds is 19. The smallest absolute Gasteiger partial charge is 0.320 e. The molecule has 0 bridgehead atoms. The highest BCUT2D eigenvalue weighted by Crippen LogP contribution is 2.02. The number of alkyl halides is 2.